The molecule has 0 saturated heterocycles. The van der Waals surface area contributed by atoms with Crippen molar-refractivity contribution in [3.8, 4) is 0 Å². The molecule has 0 aromatic heterocycles. The number of carbonyl (C=O) groups excluding carboxylic acids is 1. The number of ether oxygens (including phenoxy) is 1. The summed E-state index contributed by atoms with van der Waals surface area (Å²) in [6.45, 7) is 0.0658. The van der Waals surface area contributed by atoms with Gasteiger partial charge in [-0.05, 0) is 17.7 Å². The first kappa shape index (κ1) is 14.6. The molecule has 4 nitrogen and oxygen atoms in total. The summed E-state index contributed by atoms with van der Waals surface area (Å²) < 4.78 is 27.9. The minimum absolute atomic E-state index is 0.0658. The van der Waals surface area contributed by atoms with E-state index in [0.29, 0.717) is 0 Å². The van der Waals surface area contributed by atoms with Crippen molar-refractivity contribution in [3.63, 3.8) is 0 Å². The highest BCUT2D eigenvalue weighted by Gasteiger charge is 2.20. The zero-order valence-corrected chi connectivity index (χ0v) is 11.9. The Morgan fingerprint density at radius 1 is 1.00 bits per heavy atom. The van der Waals surface area contributed by atoms with Crippen molar-refractivity contribution in [1.82, 2.24) is 0 Å². The molecule has 6 heteroatoms. The molecule has 0 aliphatic carbocycles. The minimum atomic E-state index is -3.99. The van der Waals surface area contributed by atoms with E-state index in [1.54, 1.807) is 18.2 Å². The van der Waals surface area contributed by atoms with E-state index in [2.05, 4.69) is 0 Å². The third kappa shape index (κ3) is 3.59. The van der Waals surface area contributed by atoms with Crippen LogP contribution in [0.5, 0.6) is 0 Å². The van der Waals surface area contributed by atoms with Crippen LogP contribution < -0.4 is 0 Å². The lowest BCUT2D eigenvalue weighted by Crippen LogP contribution is -2.09. The lowest BCUT2D eigenvalue weighted by atomic mass is 10.2. The number of rotatable bonds is 4. The summed E-state index contributed by atoms with van der Waals surface area (Å²) in [5, 5.41) is 0. The molecule has 0 atom stereocenters. The molecular weight excluding hydrogens is 300 g/mol. The maximum absolute atomic E-state index is 11.9. The van der Waals surface area contributed by atoms with E-state index in [-0.39, 0.29) is 17.1 Å². The highest BCUT2D eigenvalue weighted by molar-refractivity contribution is 8.13. The molecule has 0 saturated carbocycles. The molecule has 20 heavy (non-hydrogen) atoms. The number of hydrogen-bond acceptors (Lipinski definition) is 4. The van der Waals surface area contributed by atoms with Crippen molar-refractivity contribution in [2.75, 3.05) is 0 Å². The SMILES string of the molecule is O=C(OCc1ccccc1)c1ccccc1S(=O)(=O)Cl. The Labute approximate surface area is 121 Å². The van der Waals surface area contributed by atoms with Crippen LogP contribution in [-0.4, -0.2) is 14.4 Å². The molecule has 104 valence electrons. The van der Waals surface area contributed by atoms with Gasteiger partial charge in [-0.25, -0.2) is 13.2 Å². The van der Waals surface area contributed by atoms with E-state index in [1.165, 1.54) is 18.2 Å². The van der Waals surface area contributed by atoms with Gasteiger partial charge >= 0.3 is 5.97 Å². The molecule has 0 bridgehead atoms. The summed E-state index contributed by atoms with van der Waals surface area (Å²) >= 11 is 0. The maximum Gasteiger partial charge on any atom is 0.339 e. The third-order valence-corrected chi connectivity index (χ3v) is 3.96. The minimum Gasteiger partial charge on any atom is -0.457 e. The lowest BCUT2D eigenvalue weighted by molar-refractivity contribution is 0.0468. The maximum atomic E-state index is 11.9. The second kappa shape index (κ2) is 6.07. The number of esters is 1. The van der Waals surface area contributed by atoms with Crippen LogP contribution in [0.3, 0.4) is 0 Å². The average Bonchev–Trinajstić information content (AvgIpc) is 2.45. The van der Waals surface area contributed by atoms with Gasteiger partial charge in [-0.2, -0.15) is 0 Å². The molecule has 0 unspecified atom stereocenters. The van der Waals surface area contributed by atoms with Crippen molar-refractivity contribution >= 4 is 25.7 Å². The first-order chi connectivity index (χ1) is 9.48. The Bertz CT molecular complexity index is 711. The van der Waals surface area contributed by atoms with Crippen molar-refractivity contribution in [2.24, 2.45) is 0 Å². The Hall–Kier alpha value is -1.85. The van der Waals surface area contributed by atoms with Crippen LogP contribution in [-0.2, 0) is 20.4 Å². The van der Waals surface area contributed by atoms with E-state index in [0.717, 1.165) is 5.56 Å². The second-order valence-corrected chi connectivity index (χ2v) is 6.53. The summed E-state index contributed by atoms with van der Waals surface area (Å²) in [4.78, 5) is 11.7. The lowest BCUT2D eigenvalue weighted by Gasteiger charge is -2.07. The molecule has 0 amide bonds. The van der Waals surface area contributed by atoms with Crippen LogP contribution in [0.15, 0.2) is 59.5 Å². The van der Waals surface area contributed by atoms with Crippen molar-refractivity contribution in [1.29, 1.82) is 0 Å². The standard InChI is InChI=1S/C14H11ClO4S/c15-20(17,18)13-9-5-4-8-12(13)14(16)19-10-11-6-2-1-3-7-11/h1-9H,10H2. The summed E-state index contributed by atoms with van der Waals surface area (Å²) in [7, 11) is 1.30. The zero-order chi connectivity index (χ0) is 14.6. The fraction of sp³-hybridized carbons (Fsp3) is 0.0714. The smallest absolute Gasteiger partial charge is 0.339 e. The van der Waals surface area contributed by atoms with E-state index in [4.69, 9.17) is 15.4 Å². The van der Waals surface area contributed by atoms with Gasteiger partial charge in [-0.3, -0.25) is 0 Å². The largest absolute Gasteiger partial charge is 0.457 e. The molecule has 0 radical (unpaired) electrons. The Balaban J connectivity index is 2.18. The Morgan fingerprint density at radius 2 is 1.60 bits per heavy atom. The fourth-order valence-corrected chi connectivity index (χ4v) is 2.71. The van der Waals surface area contributed by atoms with Crippen LogP contribution in [0.25, 0.3) is 0 Å². The van der Waals surface area contributed by atoms with Gasteiger partial charge in [-0.15, -0.1) is 0 Å². The van der Waals surface area contributed by atoms with Gasteiger partial charge in [0.1, 0.15) is 6.61 Å². The molecule has 2 aromatic rings. The van der Waals surface area contributed by atoms with Crippen LogP contribution in [0.1, 0.15) is 15.9 Å². The van der Waals surface area contributed by atoms with E-state index >= 15 is 0 Å². The van der Waals surface area contributed by atoms with Crippen LogP contribution in [0, 0.1) is 0 Å². The van der Waals surface area contributed by atoms with Crippen LogP contribution in [0.4, 0.5) is 0 Å². The second-order valence-electron chi connectivity index (χ2n) is 4.00. The van der Waals surface area contributed by atoms with Gasteiger partial charge in [0, 0.05) is 10.7 Å². The molecule has 2 aromatic carbocycles. The molecule has 0 aliphatic rings. The van der Waals surface area contributed by atoms with E-state index < -0.39 is 15.0 Å². The van der Waals surface area contributed by atoms with Crippen LogP contribution in [0.2, 0.25) is 0 Å². The fourth-order valence-electron chi connectivity index (χ4n) is 1.65. The predicted molar refractivity (Wildman–Crippen MR) is 75.0 cm³/mol. The number of halogens is 1. The summed E-state index contributed by atoms with van der Waals surface area (Å²) in [6, 6.07) is 14.8. The molecule has 0 heterocycles. The summed E-state index contributed by atoms with van der Waals surface area (Å²) in [5.41, 5.74) is 0.741. The van der Waals surface area contributed by atoms with Crippen molar-refractivity contribution < 1.29 is 17.9 Å². The molecule has 0 N–H and O–H groups in total. The molecule has 2 rings (SSSR count). The Morgan fingerprint density at radius 3 is 2.25 bits per heavy atom. The number of benzene rings is 2. The zero-order valence-electron chi connectivity index (χ0n) is 10.3. The van der Waals surface area contributed by atoms with Gasteiger partial charge in [0.05, 0.1) is 10.5 Å². The predicted octanol–water partition coefficient (Wildman–Crippen LogP) is 2.97. The highest BCUT2D eigenvalue weighted by atomic mass is 35.7. The number of carbonyl (C=O) groups is 1. The topological polar surface area (TPSA) is 60.4 Å². The van der Waals surface area contributed by atoms with Crippen molar-refractivity contribution in [3.05, 3.63) is 65.7 Å². The van der Waals surface area contributed by atoms with E-state index in [9.17, 15) is 13.2 Å². The molecule has 0 fully saturated rings. The normalized spacial score (nSPS) is 11.1. The molecule has 0 spiro atoms. The number of hydrogen-bond donors (Lipinski definition) is 0. The quantitative estimate of drug-likeness (QED) is 0.643. The van der Waals surface area contributed by atoms with Gasteiger partial charge < -0.3 is 4.74 Å². The average molecular weight is 311 g/mol. The first-order valence-corrected chi connectivity index (χ1v) is 8.04. The molecule has 0 aliphatic heterocycles. The van der Waals surface area contributed by atoms with Gasteiger partial charge in [0.15, 0.2) is 0 Å². The summed E-state index contributed by atoms with van der Waals surface area (Å²) in [5.74, 6) is -0.728. The van der Waals surface area contributed by atoms with Gasteiger partial charge in [0.25, 0.3) is 9.05 Å². The summed E-state index contributed by atoms with van der Waals surface area (Å²) in [6.07, 6.45) is 0. The van der Waals surface area contributed by atoms with E-state index in [1.807, 2.05) is 18.2 Å². The first-order valence-electron chi connectivity index (χ1n) is 5.73. The van der Waals surface area contributed by atoms with Crippen LogP contribution >= 0.6 is 10.7 Å². The molecular formula is C14H11ClO4S. The van der Waals surface area contributed by atoms with Gasteiger partial charge in [-0.1, -0.05) is 42.5 Å². The highest BCUT2D eigenvalue weighted by Crippen LogP contribution is 2.20. The van der Waals surface area contributed by atoms with Crippen molar-refractivity contribution in [2.45, 2.75) is 11.5 Å². The third-order valence-electron chi connectivity index (χ3n) is 2.58. The monoisotopic (exact) mass is 310 g/mol. The Kier molecular flexibility index (Phi) is 4.42. The van der Waals surface area contributed by atoms with Gasteiger partial charge in [0.2, 0.25) is 0 Å².